The molecular weight excluding hydrogens is 376 g/mol. The Kier molecular flexibility index (Phi) is 4.49. The maximum absolute atomic E-state index is 12.4. The van der Waals surface area contributed by atoms with Crippen molar-refractivity contribution in [3.8, 4) is 22.4 Å². The van der Waals surface area contributed by atoms with Gasteiger partial charge >= 0.3 is 0 Å². The summed E-state index contributed by atoms with van der Waals surface area (Å²) in [7, 11) is 0. The van der Waals surface area contributed by atoms with Crippen molar-refractivity contribution in [2.24, 2.45) is 0 Å². The number of thiazole rings is 1. The van der Waals surface area contributed by atoms with Crippen molar-refractivity contribution >= 4 is 22.9 Å². The number of rotatable bonds is 4. The number of benzene rings is 3. The first-order valence-electron chi connectivity index (χ1n) is 9.68. The van der Waals surface area contributed by atoms with E-state index in [0.717, 1.165) is 28.4 Å². The fourth-order valence-corrected chi connectivity index (χ4v) is 4.59. The number of aromatic nitrogens is 1. The Labute approximate surface area is 174 Å². The number of nitrogens with one attached hydrogen (secondary N) is 1. The molecule has 0 unspecified atom stereocenters. The second-order valence-corrected chi connectivity index (χ2v) is 8.37. The average Bonchev–Trinajstić information content (AvgIpc) is 3.33. The molecule has 1 amide bonds. The molecule has 1 aromatic heterocycles. The molecule has 4 heteroatoms. The van der Waals surface area contributed by atoms with Crippen molar-refractivity contribution in [2.45, 2.75) is 19.8 Å². The molecule has 0 radical (unpaired) electrons. The number of carbonyl (C=O) groups is 1. The van der Waals surface area contributed by atoms with Crippen LogP contribution in [0.5, 0.6) is 0 Å². The zero-order chi connectivity index (χ0) is 19.8. The van der Waals surface area contributed by atoms with Gasteiger partial charge in [0.15, 0.2) is 0 Å². The van der Waals surface area contributed by atoms with Gasteiger partial charge in [0.2, 0.25) is 5.91 Å². The van der Waals surface area contributed by atoms with Gasteiger partial charge in [-0.2, -0.15) is 0 Å². The normalized spacial score (nSPS) is 11.8. The monoisotopic (exact) mass is 396 g/mol. The third-order valence-electron chi connectivity index (χ3n) is 5.29. The van der Waals surface area contributed by atoms with Gasteiger partial charge in [-0.3, -0.25) is 4.79 Å². The molecular formula is C25H20N2OS. The van der Waals surface area contributed by atoms with Crippen LogP contribution in [0.4, 0.5) is 5.69 Å². The molecule has 29 heavy (non-hydrogen) atoms. The molecule has 0 spiro atoms. The zero-order valence-electron chi connectivity index (χ0n) is 16.1. The molecule has 4 aromatic rings. The largest absolute Gasteiger partial charge is 0.326 e. The second kappa shape index (κ2) is 7.30. The Morgan fingerprint density at radius 2 is 1.79 bits per heavy atom. The van der Waals surface area contributed by atoms with Crippen LogP contribution in [0.2, 0.25) is 0 Å². The van der Waals surface area contributed by atoms with Crippen LogP contribution < -0.4 is 5.32 Å². The summed E-state index contributed by atoms with van der Waals surface area (Å²) >= 11 is 1.53. The maximum Gasteiger partial charge on any atom is 0.231 e. The molecule has 1 aliphatic carbocycles. The number of amides is 1. The molecule has 1 heterocycles. The number of carbonyl (C=O) groups excluding carboxylic acids is 1. The maximum atomic E-state index is 12.4. The van der Waals surface area contributed by atoms with Crippen LogP contribution in [0.25, 0.3) is 22.4 Å². The number of anilines is 1. The minimum absolute atomic E-state index is 0.0439. The third-order valence-corrected chi connectivity index (χ3v) is 6.14. The average molecular weight is 397 g/mol. The summed E-state index contributed by atoms with van der Waals surface area (Å²) in [5, 5.41) is 5.80. The van der Waals surface area contributed by atoms with E-state index in [-0.39, 0.29) is 12.3 Å². The highest BCUT2D eigenvalue weighted by molar-refractivity contribution is 7.10. The van der Waals surface area contributed by atoms with Crippen molar-refractivity contribution in [2.75, 3.05) is 5.32 Å². The van der Waals surface area contributed by atoms with E-state index in [2.05, 4.69) is 47.8 Å². The number of aryl methyl sites for hydroxylation is 1. The molecule has 3 aromatic carbocycles. The third kappa shape index (κ3) is 3.59. The molecule has 0 fully saturated rings. The van der Waals surface area contributed by atoms with Gasteiger partial charge in [0.1, 0.15) is 5.01 Å². The van der Waals surface area contributed by atoms with Gasteiger partial charge < -0.3 is 5.32 Å². The van der Waals surface area contributed by atoms with E-state index >= 15 is 0 Å². The molecule has 142 valence electrons. The lowest BCUT2D eigenvalue weighted by Gasteiger charge is -2.05. The Morgan fingerprint density at radius 3 is 2.66 bits per heavy atom. The van der Waals surface area contributed by atoms with E-state index in [1.807, 2.05) is 36.6 Å². The first kappa shape index (κ1) is 17.8. The minimum atomic E-state index is -0.0439. The molecule has 0 saturated carbocycles. The highest BCUT2D eigenvalue weighted by Gasteiger charge is 2.19. The highest BCUT2D eigenvalue weighted by atomic mass is 32.1. The SMILES string of the molecule is Cc1ccc(NC(=O)Cc2nc(-c3ccc4c(c3)-c3ccccc3C4)cs2)cc1. The standard InChI is InChI=1S/C25H20N2OS/c1-16-6-10-20(11-7-16)26-24(28)14-25-27-23(15-29-25)19-9-8-18-12-17-4-2-3-5-21(17)22(18)13-19/h2-11,13,15H,12,14H2,1H3,(H,26,28). The number of nitrogens with zero attached hydrogens (tertiary/aromatic N) is 1. The topological polar surface area (TPSA) is 42.0 Å². The number of hydrogen-bond donors (Lipinski definition) is 1. The first-order chi connectivity index (χ1) is 14.2. The number of hydrogen-bond acceptors (Lipinski definition) is 3. The van der Waals surface area contributed by atoms with Gasteiger partial charge in [-0.25, -0.2) is 4.98 Å². The Balaban J connectivity index is 1.33. The van der Waals surface area contributed by atoms with Gasteiger partial charge in [-0.05, 0) is 53.8 Å². The molecule has 0 aliphatic heterocycles. The van der Waals surface area contributed by atoms with Crippen LogP contribution in [0.1, 0.15) is 21.7 Å². The fourth-order valence-electron chi connectivity index (χ4n) is 3.79. The van der Waals surface area contributed by atoms with Gasteiger partial charge in [0.05, 0.1) is 12.1 Å². The molecule has 5 rings (SSSR count). The van der Waals surface area contributed by atoms with E-state index in [1.165, 1.54) is 39.2 Å². The predicted octanol–water partition coefficient (Wildman–Crippen LogP) is 5.87. The molecule has 0 saturated heterocycles. The van der Waals surface area contributed by atoms with Crippen molar-refractivity contribution in [3.05, 3.63) is 93.8 Å². The summed E-state index contributed by atoms with van der Waals surface area (Å²) in [4.78, 5) is 17.1. The quantitative estimate of drug-likeness (QED) is 0.413. The van der Waals surface area contributed by atoms with E-state index in [4.69, 9.17) is 4.98 Å². The van der Waals surface area contributed by atoms with Crippen LogP contribution in [-0.2, 0) is 17.6 Å². The van der Waals surface area contributed by atoms with Crippen molar-refractivity contribution in [1.82, 2.24) is 4.98 Å². The molecule has 0 bridgehead atoms. The van der Waals surface area contributed by atoms with Gasteiger partial charge in [-0.15, -0.1) is 11.3 Å². The van der Waals surface area contributed by atoms with E-state index in [1.54, 1.807) is 0 Å². The van der Waals surface area contributed by atoms with Gasteiger partial charge in [-0.1, -0.05) is 54.1 Å². The van der Waals surface area contributed by atoms with Crippen LogP contribution in [-0.4, -0.2) is 10.9 Å². The lowest BCUT2D eigenvalue weighted by molar-refractivity contribution is -0.115. The summed E-state index contributed by atoms with van der Waals surface area (Å²) in [5.74, 6) is -0.0439. The second-order valence-electron chi connectivity index (χ2n) is 7.42. The summed E-state index contributed by atoms with van der Waals surface area (Å²) in [6.07, 6.45) is 1.28. The lowest BCUT2D eigenvalue weighted by atomic mass is 10.0. The Morgan fingerprint density at radius 1 is 1.00 bits per heavy atom. The minimum Gasteiger partial charge on any atom is -0.326 e. The van der Waals surface area contributed by atoms with Crippen molar-refractivity contribution < 1.29 is 4.79 Å². The van der Waals surface area contributed by atoms with Gasteiger partial charge in [0.25, 0.3) is 0 Å². The molecule has 0 atom stereocenters. The predicted molar refractivity (Wildman–Crippen MR) is 119 cm³/mol. The zero-order valence-corrected chi connectivity index (χ0v) is 16.9. The highest BCUT2D eigenvalue weighted by Crippen LogP contribution is 2.38. The summed E-state index contributed by atoms with van der Waals surface area (Å²) in [5.41, 5.74) is 9.37. The van der Waals surface area contributed by atoms with Crippen LogP contribution >= 0.6 is 11.3 Å². The summed E-state index contributed by atoms with van der Waals surface area (Å²) in [6, 6.07) is 23.0. The lowest BCUT2D eigenvalue weighted by Crippen LogP contribution is -2.14. The Bertz CT molecular complexity index is 1210. The van der Waals surface area contributed by atoms with E-state index in [9.17, 15) is 4.79 Å². The molecule has 1 aliphatic rings. The van der Waals surface area contributed by atoms with Crippen molar-refractivity contribution in [1.29, 1.82) is 0 Å². The van der Waals surface area contributed by atoms with E-state index < -0.39 is 0 Å². The molecule has 1 N–H and O–H groups in total. The van der Waals surface area contributed by atoms with Crippen molar-refractivity contribution in [3.63, 3.8) is 0 Å². The summed E-state index contributed by atoms with van der Waals surface area (Å²) < 4.78 is 0. The smallest absolute Gasteiger partial charge is 0.231 e. The van der Waals surface area contributed by atoms with E-state index in [0.29, 0.717) is 0 Å². The van der Waals surface area contributed by atoms with Crippen LogP contribution in [0.15, 0.2) is 72.1 Å². The van der Waals surface area contributed by atoms with Crippen LogP contribution in [0.3, 0.4) is 0 Å². The Hall–Kier alpha value is -3.24. The fraction of sp³-hybridized carbons (Fsp3) is 0.120. The molecule has 3 nitrogen and oxygen atoms in total. The van der Waals surface area contributed by atoms with Gasteiger partial charge in [0, 0.05) is 16.6 Å². The summed E-state index contributed by atoms with van der Waals surface area (Å²) in [6.45, 7) is 2.03. The first-order valence-corrected chi connectivity index (χ1v) is 10.6. The van der Waals surface area contributed by atoms with Crippen LogP contribution in [0, 0.1) is 6.92 Å². The number of fused-ring (bicyclic) bond motifs is 3.